The van der Waals surface area contributed by atoms with Crippen LogP contribution in [0.25, 0.3) is 22.4 Å². The maximum Gasteiger partial charge on any atom is 0.176 e. The smallest absolute Gasteiger partial charge is 0.176 e. The molecule has 0 aliphatic rings. The molecule has 0 amide bonds. The van der Waals surface area contributed by atoms with Gasteiger partial charge in [0.1, 0.15) is 5.82 Å². The second kappa shape index (κ2) is 8.23. The highest BCUT2D eigenvalue weighted by Gasteiger charge is 2.20. The predicted molar refractivity (Wildman–Crippen MR) is 109 cm³/mol. The quantitative estimate of drug-likeness (QED) is 0.413. The summed E-state index contributed by atoms with van der Waals surface area (Å²) < 4.78 is 13.5. The van der Waals surface area contributed by atoms with E-state index >= 15 is 0 Å². The summed E-state index contributed by atoms with van der Waals surface area (Å²) in [5.41, 5.74) is 2.86. The Balaban J connectivity index is 2.07. The monoisotopic (exact) mass is 466 g/mol. The van der Waals surface area contributed by atoms with Gasteiger partial charge in [-0.15, -0.1) is 0 Å². The summed E-state index contributed by atoms with van der Waals surface area (Å²) in [6.45, 7) is 5.33. The molecule has 0 fully saturated rings. The lowest BCUT2D eigenvalue weighted by Crippen LogP contribution is -2.02. The van der Waals surface area contributed by atoms with Crippen LogP contribution in [0.5, 0.6) is 11.5 Å². The number of nitrogens with one attached hydrogen (secondary N) is 1. The van der Waals surface area contributed by atoms with E-state index in [1.165, 1.54) is 0 Å². The van der Waals surface area contributed by atoms with Gasteiger partial charge >= 0.3 is 0 Å². The number of fused-ring (bicyclic) bond motifs is 1. The maximum absolute atomic E-state index is 5.96. The molecule has 1 heterocycles. The first-order valence-electron chi connectivity index (χ1n) is 8.38. The number of hydrogen-bond donors (Lipinski definition) is 1. The van der Waals surface area contributed by atoms with E-state index in [0.717, 1.165) is 50.0 Å². The van der Waals surface area contributed by atoms with Gasteiger partial charge in [-0.05, 0) is 63.4 Å². The highest BCUT2D eigenvalue weighted by molar-refractivity contribution is 9.13. The molecule has 0 radical (unpaired) electrons. The van der Waals surface area contributed by atoms with E-state index in [1.807, 2.05) is 37.3 Å². The van der Waals surface area contributed by atoms with Crippen molar-refractivity contribution in [1.82, 2.24) is 9.97 Å². The molecule has 0 unspecified atom stereocenters. The fourth-order valence-electron chi connectivity index (χ4n) is 2.55. The zero-order chi connectivity index (χ0) is 17.8. The number of ether oxygens (including phenoxy) is 2. The average Bonchev–Trinajstić information content (AvgIpc) is 3.04. The minimum absolute atomic E-state index is 0.567. The first-order valence-corrected chi connectivity index (χ1v) is 9.97. The third-order valence-corrected chi connectivity index (χ3v) is 5.93. The molecule has 3 rings (SSSR count). The van der Waals surface area contributed by atoms with Crippen molar-refractivity contribution in [3.05, 3.63) is 39.3 Å². The van der Waals surface area contributed by atoms with Crippen molar-refractivity contribution < 1.29 is 9.47 Å². The summed E-state index contributed by atoms with van der Waals surface area (Å²) in [7, 11) is 0. The highest BCUT2D eigenvalue weighted by Crippen LogP contribution is 2.46. The minimum Gasteiger partial charge on any atom is -0.490 e. The Morgan fingerprint density at radius 2 is 1.88 bits per heavy atom. The van der Waals surface area contributed by atoms with Crippen LogP contribution >= 0.6 is 31.9 Å². The largest absolute Gasteiger partial charge is 0.490 e. The van der Waals surface area contributed by atoms with Crippen molar-refractivity contribution in [2.75, 3.05) is 13.2 Å². The molecule has 0 saturated heterocycles. The summed E-state index contributed by atoms with van der Waals surface area (Å²) >= 11 is 7.33. The maximum atomic E-state index is 5.96. The predicted octanol–water partition coefficient (Wildman–Crippen LogP) is 6.33. The lowest BCUT2D eigenvalue weighted by atomic mass is 10.2. The standard InChI is InChI=1S/C19H20Br2N2O2/c1-3-5-10-25-18-15(24-4-2)11-12(16(20)17(18)21)19-22-13-8-6-7-9-14(13)23-19/h6-9,11H,3-5,10H2,1-2H3,(H,22,23). The van der Waals surface area contributed by atoms with Gasteiger partial charge in [0.2, 0.25) is 0 Å². The number of aromatic nitrogens is 2. The number of rotatable bonds is 7. The molecule has 4 nitrogen and oxygen atoms in total. The van der Waals surface area contributed by atoms with E-state index in [9.17, 15) is 0 Å². The van der Waals surface area contributed by atoms with Crippen LogP contribution in [0.4, 0.5) is 0 Å². The number of nitrogens with zero attached hydrogens (tertiary/aromatic N) is 1. The van der Waals surface area contributed by atoms with Gasteiger partial charge in [0.15, 0.2) is 11.5 Å². The lowest BCUT2D eigenvalue weighted by Gasteiger charge is -2.16. The Bertz CT molecular complexity index is 844. The zero-order valence-electron chi connectivity index (χ0n) is 14.2. The number of halogens is 2. The second-order valence-electron chi connectivity index (χ2n) is 5.62. The summed E-state index contributed by atoms with van der Waals surface area (Å²) in [6.07, 6.45) is 2.08. The van der Waals surface area contributed by atoms with Crippen LogP contribution in [-0.4, -0.2) is 23.2 Å². The van der Waals surface area contributed by atoms with E-state index in [-0.39, 0.29) is 0 Å². The molecule has 25 heavy (non-hydrogen) atoms. The number of benzene rings is 2. The molecule has 132 valence electrons. The molecule has 0 saturated carbocycles. The van der Waals surface area contributed by atoms with Gasteiger partial charge < -0.3 is 14.5 Å². The molecule has 0 atom stereocenters. The van der Waals surface area contributed by atoms with E-state index in [2.05, 4.69) is 48.8 Å². The lowest BCUT2D eigenvalue weighted by molar-refractivity contribution is 0.271. The van der Waals surface area contributed by atoms with Gasteiger partial charge in [-0.1, -0.05) is 25.5 Å². The van der Waals surface area contributed by atoms with Crippen LogP contribution in [0.2, 0.25) is 0 Å². The SMILES string of the molecule is CCCCOc1c(OCC)cc(-c2nc3ccccc3[nH]2)c(Br)c1Br. The van der Waals surface area contributed by atoms with Crippen molar-refractivity contribution in [2.45, 2.75) is 26.7 Å². The van der Waals surface area contributed by atoms with Crippen LogP contribution in [0.1, 0.15) is 26.7 Å². The summed E-state index contributed by atoms with van der Waals surface area (Å²) in [5, 5.41) is 0. The highest BCUT2D eigenvalue weighted by atomic mass is 79.9. The second-order valence-corrected chi connectivity index (χ2v) is 7.20. The topological polar surface area (TPSA) is 47.1 Å². The summed E-state index contributed by atoms with van der Waals surface area (Å²) in [5.74, 6) is 2.22. The van der Waals surface area contributed by atoms with Crippen molar-refractivity contribution >= 4 is 42.9 Å². The van der Waals surface area contributed by atoms with Crippen molar-refractivity contribution in [2.24, 2.45) is 0 Å². The molecular weight excluding hydrogens is 448 g/mol. The van der Waals surface area contributed by atoms with E-state index in [1.54, 1.807) is 0 Å². The Morgan fingerprint density at radius 1 is 1.08 bits per heavy atom. The molecule has 2 aromatic carbocycles. The first-order chi connectivity index (χ1) is 12.2. The number of unbranched alkanes of at least 4 members (excludes halogenated alkanes) is 1. The fourth-order valence-corrected chi connectivity index (χ4v) is 3.56. The van der Waals surface area contributed by atoms with Gasteiger partial charge in [0.25, 0.3) is 0 Å². The van der Waals surface area contributed by atoms with Crippen molar-refractivity contribution in [3.63, 3.8) is 0 Å². The average molecular weight is 468 g/mol. The third-order valence-electron chi connectivity index (χ3n) is 3.82. The van der Waals surface area contributed by atoms with Crippen molar-refractivity contribution in [1.29, 1.82) is 0 Å². The zero-order valence-corrected chi connectivity index (χ0v) is 17.4. The summed E-state index contributed by atoms with van der Waals surface area (Å²) in [6, 6.07) is 9.95. The number of para-hydroxylation sites is 2. The Hall–Kier alpha value is -1.53. The molecule has 3 aromatic rings. The minimum atomic E-state index is 0.567. The van der Waals surface area contributed by atoms with E-state index in [0.29, 0.717) is 19.0 Å². The van der Waals surface area contributed by atoms with Crippen LogP contribution < -0.4 is 9.47 Å². The molecular formula is C19H20Br2N2O2. The van der Waals surface area contributed by atoms with Crippen LogP contribution in [0, 0.1) is 0 Å². The first kappa shape index (κ1) is 18.3. The molecule has 0 aliphatic heterocycles. The fraction of sp³-hybridized carbons (Fsp3) is 0.316. The van der Waals surface area contributed by atoms with Crippen molar-refractivity contribution in [3.8, 4) is 22.9 Å². The van der Waals surface area contributed by atoms with E-state index < -0.39 is 0 Å². The van der Waals surface area contributed by atoms with Crippen LogP contribution in [-0.2, 0) is 0 Å². The number of imidazole rings is 1. The Morgan fingerprint density at radius 3 is 2.60 bits per heavy atom. The number of hydrogen-bond acceptors (Lipinski definition) is 3. The molecule has 0 spiro atoms. The molecule has 6 heteroatoms. The molecule has 0 bridgehead atoms. The van der Waals surface area contributed by atoms with Gasteiger partial charge in [-0.2, -0.15) is 0 Å². The number of H-pyrrole nitrogens is 1. The van der Waals surface area contributed by atoms with Crippen LogP contribution in [0.15, 0.2) is 39.3 Å². The molecule has 1 aromatic heterocycles. The normalized spacial score (nSPS) is 11.0. The van der Waals surface area contributed by atoms with Gasteiger partial charge in [-0.25, -0.2) is 4.98 Å². The third kappa shape index (κ3) is 3.85. The van der Waals surface area contributed by atoms with Crippen LogP contribution in [0.3, 0.4) is 0 Å². The van der Waals surface area contributed by atoms with Gasteiger partial charge in [0.05, 0.1) is 28.7 Å². The Labute approximate surface area is 164 Å². The molecule has 1 N–H and O–H groups in total. The molecule has 0 aliphatic carbocycles. The summed E-state index contributed by atoms with van der Waals surface area (Å²) in [4.78, 5) is 8.05. The van der Waals surface area contributed by atoms with E-state index in [4.69, 9.17) is 9.47 Å². The van der Waals surface area contributed by atoms with Gasteiger partial charge in [0, 0.05) is 10.0 Å². The van der Waals surface area contributed by atoms with Gasteiger partial charge in [-0.3, -0.25) is 0 Å². The Kier molecular flexibility index (Phi) is 6.02. The number of aromatic amines is 1.